The smallest absolute Gasteiger partial charge is 0.311 e. The molecule has 0 aliphatic heterocycles. The van der Waals surface area contributed by atoms with Crippen molar-refractivity contribution in [3.63, 3.8) is 0 Å². The van der Waals surface area contributed by atoms with Gasteiger partial charge in [0, 0.05) is 12.3 Å². The van der Waals surface area contributed by atoms with Gasteiger partial charge in [0.25, 0.3) is 0 Å². The van der Waals surface area contributed by atoms with E-state index in [1.807, 2.05) is 20.8 Å². The summed E-state index contributed by atoms with van der Waals surface area (Å²) in [5, 5.41) is 0. The molecule has 1 unspecified atom stereocenters. The van der Waals surface area contributed by atoms with Crippen LogP contribution in [0.15, 0.2) is 0 Å². The molecule has 0 aliphatic carbocycles. The first-order chi connectivity index (χ1) is 7.38. The topological polar surface area (TPSA) is 52.6 Å². The summed E-state index contributed by atoms with van der Waals surface area (Å²) in [7, 11) is 0. The van der Waals surface area contributed by atoms with Gasteiger partial charge in [0.2, 0.25) is 6.29 Å². The van der Waals surface area contributed by atoms with Crippen molar-refractivity contribution < 1.29 is 19.1 Å². The van der Waals surface area contributed by atoms with Gasteiger partial charge >= 0.3 is 11.9 Å². The Kier molecular flexibility index (Phi) is 6.77. The van der Waals surface area contributed by atoms with Crippen LogP contribution < -0.4 is 0 Å². The molecule has 0 fully saturated rings. The molecule has 0 heterocycles. The number of carbonyl (C=O) groups is 2. The van der Waals surface area contributed by atoms with Gasteiger partial charge in [-0.1, -0.05) is 34.6 Å². The third-order valence-corrected chi connectivity index (χ3v) is 1.95. The van der Waals surface area contributed by atoms with Crippen LogP contribution in [0.5, 0.6) is 0 Å². The zero-order valence-electron chi connectivity index (χ0n) is 10.8. The lowest BCUT2D eigenvalue weighted by Gasteiger charge is -2.22. The summed E-state index contributed by atoms with van der Waals surface area (Å²) in [4.78, 5) is 22.7. The van der Waals surface area contributed by atoms with Crippen LogP contribution in [0, 0.1) is 11.8 Å². The minimum absolute atomic E-state index is 0.0384. The molecular formula is C12H22O4. The first-order valence-corrected chi connectivity index (χ1v) is 5.78. The van der Waals surface area contributed by atoms with E-state index in [9.17, 15) is 9.59 Å². The van der Waals surface area contributed by atoms with Gasteiger partial charge in [0.1, 0.15) is 0 Å². The molecule has 0 N–H and O–H groups in total. The fourth-order valence-electron chi connectivity index (χ4n) is 0.939. The number of hydrogen-bond acceptors (Lipinski definition) is 4. The van der Waals surface area contributed by atoms with Crippen LogP contribution in [-0.2, 0) is 19.1 Å². The quantitative estimate of drug-likeness (QED) is 0.519. The molecule has 94 valence electrons. The van der Waals surface area contributed by atoms with E-state index < -0.39 is 6.29 Å². The molecule has 0 aromatic rings. The van der Waals surface area contributed by atoms with Crippen molar-refractivity contribution in [3.8, 4) is 0 Å². The van der Waals surface area contributed by atoms with Gasteiger partial charge in [-0.3, -0.25) is 9.59 Å². The van der Waals surface area contributed by atoms with Crippen molar-refractivity contribution in [3.05, 3.63) is 0 Å². The van der Waals surface area contributed by atoms with Crippen LogP contribution in [-0.4, -0.2) is 18.2 Å². The normalized spacial score (nSPS) is 12.7. The third kappa shape index (κ3) is 5.73. The molecule has 1 atom stereocenters. The second kappa shape index (κ2) is 7.25. The zero-order valence-corrected chi connectivity index (χ0v) is 10.8. The lowest BCUT2D eigenvalue weighted by atomic mass is 10.2. The van der Waals surface area contributed by atoms with E-state index in [1.54, 1.807) is 13.8 Å². The number of esters is 2. The van der Waals surface area contributed by atoms with Gasteiger partial charge < -0.3 is 9.47 Å². The maximum atomic E-state index is 11.4. The maximum absolute atomic E-state index is 11.4. The van der Waals surface area contributed by atoms with E-state index in [0.717, 1.165) is 6.42 Å². The Hall–Kier alpha value is -1.06. The molecule has 0 rings (SSSR count). The van der Waals surface area contributed by atoms with Crippen molar-refractivity contribution in [1.82, 2.24) is 0 Å². The minimum atomic E-state index is -0.769. The Morgan fingerprint density at radius 3 is 2.00 bits per heavy atom. The van der Waals surface area contributed by atoms with Crippen molar-refractivity contribution >= 4 is 11.9 Å². The Labute approximate surface area is 97.3 Å². The average molecular weight is 230 g/mol. The Morgan fingerprint density at radius 2 is 1.62 bits per heavy atom. The number of carbonyl (C=O) groups excluding carboxylic acids is 2. The van der Waals surface area contributed by atoms with Gasteiger partial charge in [0.15, 0.2) is 0 Å². The fourth-order valence-corrected chi connectivity index (χ4v) is 0.939. The summed E-state index contributed by atoms with van der Waals surface area (Å²) in [5.41, 5.74) is 0. The van der Waals surface area contributed by atoms with E-state index in [0.29, 0.717) is 6.42 Å². The standard InChI is InChI=1S/C12H22O4/c1-6-7-10(13)15-12(9(4)5)16-11(14)8(2)3/h8-9,12H,6-7H2,1-5H3. The van der Waals surface area contributed by atoms with Gasteiger partial charge in [-0.15, -0.1) is 0 Å². The van der Waals surface area contributed by atoms with E-state index in [2.05, 4.69) is 0 Å². The van der Waals surface area contributed by atoms with Gasteiger partial charge in [0.05, 0.1) is 5.92 Å². The molecule has 4 nitrogen and oxygen atoms in total. The molecule has 0 saturated carbocycles. The van der Waals surface area contributed by atoms with Gasteiger partial charge in [-0.25, -0.2) is 0 Å². The van der Waals surface area contributed by atoms with E-state index in [1.165, 1.54) is 0 Å². The molecule has 0 radical (unpaired) electrons. The third-order valence-electron chi connectivity index (χ3n) is 1.95. The molecule has 0 aromatic heterocycles. The molecule has 0 aromatic carbocycles. The summed E-state index contributed by atoms with van der Waals surface area (Å²) in [6.45, 7) is 9.07. The van der Waals surface area contributed by atoms with E-state index >= 15 is 0 Å². The second-order valence-electron chi connectivity index (χ2n) is 4.44. The molecular weight excluding hydrogens is 208 g/mol. The first kappa shape index (κ1) is 14.9. The molecule has 0 aliphatic rings. The maximum Gasteiger partial charge on any atom is 0.311 e. The number of rotatable bonds is 6. The largest absolute Gasteiger partial charge is 0.425 e. The highest BCUT2D eigenvalue weighted by Crippen LogP contribution is 2.12. The molecule has 4 heteroatoms. The van der Waals surface area contributed by atoms with Crippen LogP contribution in [0.3, 0.4) is 0 Å². The fraction of sp³-hybridized carbons (Fsp3) is 0.833. The Bertz CT molecular complexity index is 233. The van der Waals surface area contributed by atoms with Crippen LogP contribution in [0.1, 0.15) is 47.5 Å². The predicted molar refractivity (Wildman–Crippen MR) is 60.6 cm³/mol. The van der Waals surface area contributed by atoms with Crippen LogP contribution >= 0.6 is 0 Å². The highest BCUT2D eigenvalue weighted by atomic mass is 16.7. The molecule has 0 spiro atoms. The summed E-state index contributed by atoms with van der Waals surface area (Å²) < 4.78 is 10.2. The summed E-state index contributed by atoms with van der Waals surface area (Å²) >= 11 is 0. The number of ether oxygens (including phenoxy) is 2. The predicted octanol–water partition coefficient (Wildman–Crippen LogP) is 2.51. The van der Waals surface area contributed by atoms with Crippen molar-refractivity contribution in [2.45, 2.75) is 53.8 Å². The molecule has 0 bridgehead atoms. The lowest BCUT2D eigenvalue weighted by molar-refractivity contribution is -0.198. The van der Waals surface area contributed by atoms with Crippen LogP contribution in [0.2, 0.25) is 0 Å². The van der Waals surface area contributed by atoms with Crippen LogP contribution in [0.25, 0.3) is 0 Å². The molecule has 0 amide bonds. The average Bonchev–Trinajstić information content (AvgIpc) is 2.16. The number of hydrogen-bond donors (Lipinski definition) is 0. The Morgan fingerprint density at radius 1 is 1.06 bits per heavy atom. The molecule has 0 saturated heterocycles. The lowest BCUT2D eigenvalue weighted by Crippen LogP contribution is -2.30. The highest BCUT2D eigenvalue weighted by Gasteiger charge is 2.23. The van der Waals surface area contributed by atoms with E-state index in [-0.39, 0.29) is 23.8 Å². The highest BCUT2D eigenvalue weighted by molar-refractivity contribution is 5.72. The second-order valence-corrected chi connectivity index (χ2v) is 4.44. The first-order valence-electron chi connectivity index (χ1n) is 5.78. The van der Waals surface area contributed by atoms with Crippen molar-refractivity contribution in [2.75, 3.05) is 0 Å². The van der Waals surface area contributed by atoms with Gasteiger partial charge in [-0.2, -0.15) is 0 Å². The van der Waals surface area contributed by atoms with Gasteiger partial charge in [-0.05, 0) is 6.42 Å². The zero-order chi connectivity index (χ0) is 12.7. The Balaban J connectivity index is 4.28. The monoisotopic (exact) mass is 230 g/mol. The van der Waals surface area contributed by atoms with E-state index in [4.69, 9.17) is 9.47 Å². The summed E-state index contributed by atoms with van der Waals surface area (Å²) in [6.07, 6.45) is 0.304. The summed E-state index contributed by atoms with van der Waals surface area (Å²) in [5.74, 6) is -0.921. The summed E-state index contributed by atoms with van der Waals surface area (Å²) in [6, 6.07) is 0. The SMILES string of the molecule is CCCC(=O)OC(OC(=O)C(C)C)C(C)C. The minimum Gasteiger partial charge on any atom is -0.425 e. The van der Waals surface area contributed by atoms with Crippen molar-refractivity contribution in [2.24, 2.45) is 11.8 Å². The molecule has 16 heavy (non-hydrogen) atoms. The van der Waals surface area contributed by atoms with Crippen LogP contribution in [0.4, 0.5) is 0 Å². The van der Waals surface area contributed by atoms with Crippen molar-refractivity contribution in [1.29, 1.82) is 0 Å².